The minimum atomic E-state index is -0.368. The van der Waals surface area contributed by atoms with E-state index >= 15 is 0 Å². The third-order valence-corrected chi connectivity index (χ3v) is 5.23. The predicted octanol–water partition coefficient (Wildman–Crippen LogP) is 3.27. The van der Waals surface area contributed by atoms with Crippen LogP contribution in [0.15, 0.2) is 16.1 Å². The van der Waals surface area contributed by atoms with E-state index in [9.17, 15) is 0 Å². The monoisotopic (exact) mass is 293 g/mol. The van der Waals surface area contributed by atoms with Crippen molar-refractivity contribution in [3.8, 4) is 0 Å². The number of rotatable bonds is 4. The zero-order valence-corrected chi connectivity index (χ0v) is 12.9. The number of ether oxygens (including phenoxy) is 1. The van der Waals surface area contributed by atoms with Crippen LogP contribution < -0.4 is 0 Å². The summed E-state index contributed by atoms with van der Waals surface area (Å²) in [5.41, 5.74) is -0.729. The second-order valence-corrected chi connectivity index (χ2v) is 6.69. The lowest BCUT2D eigenvalue weighted by atomic mass is 9.94. The zero-order chi connectivity index (χ0) is 14.2. The van der Waals surface area contributed by atoms with Gasteiger partial charge in [-0.05, 0) is 39.5 Å². The molecule has 1 fully saturated rings. The van der Waals surface area contributed by atoms with Crippen LogP contribution in [-0.2, 0) is 15.8 Å². The van der Waals surface area contributed by atoms with Gasteiger partial charge < -0.3 is 9.26 Å². The fourth-order valence-electron chi connectivity index (χ4n) is 2.75. The highest BCUT2D eigenvalue weighted by atomic mass is 32.1. The molecule has 1 aliphatic rings. The Balaban J connectivity index is 1.94. The summed E-state index contributed by atoms with van der Waals surface area (Å²) in [6.45, 7) is 4.11. The number of nitrogens with zero attached hydrogens (tertiary/aromatic N) is 3. The third kappa shape index (κ3) is 2.07. The van der Waals surface area contributed by atoms with Gasteiger partial charge in [0, 0.05) is 18.7 Å². The normalized spacial score (nSPS) is 18.6. The Labute approximate surface area is 122 Å². The summed E-state index contributed by atoms with van der Waals surface area (Å²) in [5.74, 6) is 1.28. The highest BCUT2D eigenvalue weighted by Crippen LogP contribution is 2.41. The maximum atomic E-state index is 5.70. The van der Waals surface area contributed by atoms with E-state index in [1.54, 1.807) is 24.6 Å². The van der Waals surface area contributed by atoms with Crippen molar-refractivity contribution in [2.75, 3.05) is 7.11 Å². The van der Waals surface area contributed by atoms with E-state index in [2.05, 4.69) is 29.0 Å². The number of thiazole rings is 1. The van der Waals surface area contributed by atoms with Crippen LogP contribution in [-0.4, -0.2) is 22.2 Å². The van der Waals surface area contributed by atoms with Gasteiger partial charge in [-0.3, -0.25) is 0 Å². The molecule has 0 N–H and O–H groups in total. The lowest BCUT2D eigenvalue weighted by Crippen LogP contribution is -2.26. The molecule has 20 heavy (non-hydrogen) atoms. The van der Waals surface area contributed by atoms with E-state index in [-0.39, 0.29) is 11.0 Å². The van der Waals surface area contributed by atoms with Crippen LogP contribution >= 0.6 is 11.3 Å². The summed E-state index contributed by atoms with van der Waals surface area (Å²) in [5, 5.41) is 7.12. The zero-order valence-electron chi connectivity index (χ0n) is 12.0. The Morgan fingerprint density at radius 3 is 2.70 bits per heavy atom. The molecule has 2 aromatic heterocycles. The first kappa shape index (κ1) is 13.7. The Hall–Kier alpha value is -1.27. The molecule has 0 atom stereocenters. The van der Waals surface area contributed by atoms with Gasteiger partial charge in [-0.25, -0.2) is 4.98 Å². The lowest BCUT2D eigenvalue weighted by molar-refractivity contribution is -0.0178. The van der Waals surface area contributed by atoms with E-state index in [1.165, 1.54) is 0 Å². The first-order chi connectivity index (χ1) is 9.58. The molecule has 2 heterocycles. The Bertz CT molecular complexity index is 571. The molecule has 1 aliphatic carbocycles. The van der Waals surface area contributed by atoms with Crippen molar-refractivity contribution in [1.82, 2.24) is 15.1 Å². The molecule has 0 aliphatic heterocycles. The second kappa shape index (κ2) is 4.93. The molecule has 6 heteroatoms. The summed E-state index contributed by atoms with van der Waals surface area (Å²) in [4.78, 5) is 8.99. The topological polar surface area (TPSA) is 61.0 Å². The smallest absolute Gasteiger partial charge is 0.239 e. The standard InChI is InChI=1S/C14H19N3O2S/c1-13(2,12-15-8-9-20-12)11-16-10(17-19-11)14(18-3)6-4-5-7-14/h8-9H,4-7H2,1-3H3. The third-order valence-electron chi connectivity index (χ3n) is 4.14. The van der Waals surface area contributed by atoms with Crippen molar-refractivity contribution >= 4 is 11.3 Å². The average molecular weight is 293 g/mol. The molecule has 0 aromatic carbocycles. The average Bonchev–Trinajstić information content (AvgIpc) is 3.18. The van der Waals surface area contributed by atoms with Gasteiger partial charge in [0.25, 0.3) is 0 Å². The van der Waals surface area contributed by atoms with E-state index in [4.69, 9.17) is 9.26 Å². The van der Waals surface area contributed by atoms with Gasteiger partial charge in [0.05, 0.1) is 5.41 Å². The Morgan fingerprint density at radius 2 is 2.10 bits per heavy atom. The van der Waals surface area contributed by atoms with Crippen molar-refractivity contribution in [3.63, 3.8) is 0 Å². The van der Waals surface area contributed by atoms with Crippen molar-refractivity contribution in [2.45, 2.75) is 50.5 Å². The fraction of sp³-hybridized carbons (Fsp3) is 0.643. The summed E-state index contributed by atoms with van der Waals surface area (Å²) in [6.07, 6.45) is 6.01. The molecular weight excluding hydrogens is 274 g/mol. The molecular formula is C14H19N3O2S. The number of methoxy groups -OCH3 is 1. The summed E-state index contributed by atoms with van der Waals surface area (Å²) in [6, 6.07) is 0. The molecule has 3 rings (SSSR count). The molecule has 0 radical (unpaired) electrons. The van der Waals surface area contributed by atoms with Gasteiger partial charge in [-0.15, -0.1) is 11.3 Å². The van der Waals surface area contributed by atoms with Crippen molar-refractivity contribution in [2.24, 2.45) is 0 Å². The predicted molar refractivity (Wildman–Crippen MR) is 75.7 cm³/mol. The summed E-state index contributed by atoms with van der Waals surface area (Å²) >= 11 is 1.60. The van der Waals surface area contributed by atoms with Crippen molar-refractivity contribution in [3.05, 3.63) is 28.3 Å². The van der Waals surface area contributed by atoms with Gasteiger partial charge in [0.15, 0.2) is 0 Å². The highest BCUT2D eigenvalue weighted by molar-refractivity contribution is 7.09. The quantitative estimate of drug-likeness (QED) is 0.865. The first-order valence-electron chi connectivity index (χ1n) is 6.88. The molecule has 108 valence electrons. The van der Waals surface area contributed by atoms with Crippen LogP contribution in [0.5, 0.6) is 0 Å². The molecule has 0 saturated heterocycles. The molecule has 1 saturated carbocycles. The van der Waals surface area contributed by atoms with Gasteiger partial charge in [-0.2, -0.15) is 4.98 Å². The van der Waals surface area contributed by atoms with E-state index in [0.717, 1.165) is 30.7 Å². The van der Waals surface area contributed by atoms with Crippen LogP contribution in [0.1, 0.15) is 56.3 Å². The van der Waals surface area contributed by atoms with Gasteiger partial charge in [0.1, 0.15) is 10.6 Å². The second-order valence-electron chi connectivity index (χ2n) is 5.79. The van der Waals surface area contributed by atoms with E-state index < -0.39 is 0 Å². The Morgan fingerprint density at radius 1 is 1.35 bits per heavy atom. The lowest BCUT2D eigenvalue weighted by Gasteiger charge is -2.23. The molecule has 2 aromatic rings. The maximum Gasteiger partial charge on any atom is 0.239 e. The molecule has 0 amide bonds. The van der Waals surface area contributed by atoms with Gasteiger partial charge in [-0.1, -0.05) is 5.16 Å². The van der Waals surface area contributed by atoms with Crippen LogP contribution in [0.3, 0.4) is 0 Å². The highest BCUT2D eigenvalue weighted by Gasteiger charge is 2.42. The summed E-state index contributed by atoms with van der Waals surface area (Å²) in [7, 11) is 1.73. The first-order valence-corrected chi connectivity index (χ1v) is 7.76. The SMILES string of the molecule is COC1(c2noc(C(C)(C)c3nccs3)n2)CCCC1. The maximum absolute atomic E-state index is 5.70. The molecule has 0 spiro atoms. The van der Waals surface area contributed by atoms with Crippen LogP contribution in [0.2, 0.25) is 0 Å². The fourth-order valence-corrected chi connectivity index (χ4v) is 3.51. The number of hydrogen-bond donors (Lipinski definition) is 0. The van der Waals surface area contributed by atoms with Crippen molar-refractivity contribution < 1.29 is 9.26 Å². The molecule has 0 bridgehead atoms. The largest absolute Gasteiger partial charge is 0.370 e. The van der Waals surface area contributed by atoms with Gasteiger partial charge in [0.2, 0.25) is 11.7 Å². The van der Waals surface area contributed by atoms with E-state index in [1.807, 2.05) is 5.38 Å². The van der Waals surface area contributed by atoms with Gasteiger partial charge >= 0.3 is 0 Å². The van der Waals surface area contributed by atoms with Crippen molar-refractivity contribution in [1.29, 1.82) is 0 Å². The van der Waals surface area contributed by atoms with Crippen LogP contribution in [0.25, 0.3) is 0 Å². The minimum absolute atomic E-state index is 0.360. The Kier molecular flexibility index (Phi) is 3.38. The summed E-state index contributed by atoms with van der Waals surface area (Å²) < 4.78 is 11.2. The number of aromatic nitrogens is 3. The minimum Gasteiger partial charge on any atom is -0.370 e. The molecule has 0 unspecified atom stereocenters. The van der Waals surface area contributed by atoms with Crippen LogP contribution in [0, 0.1) is 0 Å². The molecule has 5 nitrogen and oxygen atoms in total. The van der Waals surface area contributed by atoms with E-state index in [0.29, 0.717) is 11.7 Å². The van der Waals surface area contributed by atoms with Crippen LogP contribution in [0.4, 0.5) is 0 Å². The number of hydrogen-bond acceptors (Lipinski definition) is 6.